The summed E-state index contributed by atoms with van der Waals surface area (Å²) in [5.74, 6) is -0.402. The summed E-state index contributed by atoms with van der Waals surface area (Å²) in [4.78, 5) is 26.0. The van der Waals surface area contributed by atoms with Crippen LogP contribution in [0, 0.1) is 5.92 Å². The van der Waals surface area contributed by atoms with Gasteiger partial charge in [-0.15, -0.1) is 0 Å². The molecule has 4 bridgehead atoms. The highest BCUT2D eigenvalue weighted by atomic mass is 16.6. The molecule has 126 valence electrons. The SMILES string of the molecule is C=CC(=O)OC12CC3CC(OC(=O)C=C)(C1)CC(N(C)C)(C3)C2. The first-order valence-electron chi connectivity index (χ1n) is 8.14. The van der Waals surface area contributed by atoms with Crippen molar-refractivity contribution in [3.05, 3.63) is 25.3 Å². The van der Waals surface area contributed by atoms with E-state index in [9.17, 15) is 9.59 Å². The summed E-state index contributed by atoms with van der Waals surface area (Å²) in [7, 11) is 4.11. The molecule has 23 heavy (non-hydrogen) atoms. The van der Waals surface area contributed by atoms with E-state index in [0.29, 0.717) is 12.3 Å². The molecule has 0 radical (unpaired) electrons. The lowest BCUT2D eigenvalue weighted by Crippen LogP contribution is -2.71. The standard InChI is InChI=1S/C18H25NO4/c1-5-14(20)22-17-8-13-7-16(10-17,19(3)4)11-18(9-13,12-17)23-15(21)6-2/h5-6,13H,1-2,7-12H2,3-4H3. The summed E-state index contributed by atoms with van der Waals surface area (Å²) in [6.07, 6.45) is 7.32. The van der Waals surface area contributed by atoms with E-state index in [2.05, 4.69) is 32.2 Å². The molecule has 4 aliphatic rings. The van der Waals surface area contributed by atoms with Crippen molar-refractivity contribution in [2.75, 3.05) is 14.1 Å². The van der Waals surface area contributed by atoms with Crippen LogP contribution in [0.4, 0.5) is 0 Å². The van der Waals surface area contributed by atoms with Crippen LogP contribution in [0.1, 0.15) is 38.5 Å². The Morgan fingerprint density at radius 3 is 1.83 bits per heavy atom. The van der Waals surface area contributed by atoms with Crippen molar-refractivity contribution < 1.29 is 19.1 Å². The average Bonchev–Trinajstić information content (AvgIpc) is 2.44. The van der Waals surface area contributed by atoms with Crippen LogP contribution in [-0.4, -0.2) is 47.7 Å². The van der Waals surface area contributed by atoms with Gasteiger partial charge in [-0.1, -0.05) is 13.2 Å². The second kappa shape index (κ2) is 5.20. The van der Waals surface area contributed by atoms with Gasteiger partial charge in [-0.25, -0.2) is 9.59 Å². The maximum atomic E-state index is 11.9. The molecule has 0 aromatic rings. The fourth-order valence-corrected chi connectivity index (χ4v) is 5.45. The van der Waals surface area contributed by atoms with Crippen LogP contribution in [0.15, 0.2) is 25.3 Å². The van der Waals surface area contributed by atoms with Gasteiger partial charge in [-0.2, -0.15) is 0 Å². The Kier molecular flexibility index (Phi) is 3.67. The molecule has 0 aromatic heterocycles. The molecule has 2 unspecified atom stereocenters. The quantitative estimate of drug-likeness (QED) is 0.574. The molecule has 0 heterocycles. The van der Waals surface area contributed by atoms with Crippen molar-refractivity contribution >= 4 is 11.9 Å². The molecule has 0 amide bonds. The van der Waals surface area contributed by atoms with Gasteiger partial charge in [0.15, 0.2) is 0 Å². The summed E-state index contributed by atoms with van der Waals surface area (Å²) in [5.41, 5.74) is -1.21. The van der Waals surface area contributed by atoms with Crippen LogP contribution < -0.4 is 0 Å². The predicted molar refractivity (Wildman–Crippen MR) is 85.7 cm³/mol. The second-order valence-corrected chi connectivity index (χ2v) is 7.74. The number of hydrogen-bond donors (Lipinski definition) is 0. The van der Waals surface area contributed by atoms with Crippen molar-refractivity contribution in [2.24, 2.45) is 5.92 Å². The van der Waals surface area contributed by atoms with Gasteiger partial charge >= 0.3 is 11.9 Å². The van der Waals surface area contributed by atoms with E-state index >= 15 is 0 Å². The molecule has 5 nitrogen and oxygen atoms in total. The molecule has 0 saturated heterocycles. The summed E-state index contributed by atoms with van der Waals surface area (Å²) in [6, 6.07) is 0. The monoisotopic (exact) mass is 319 g/mol. The number of nitrogens with zero attached hydrogens (tertiary/aromatic N) is 1. The topological polar surface area (TPSA) is 55.8 Å². The third kappa shape index (κ3) is 2.61. The fraction of sp³-hybridized carbons (Fsp3) is 0.667. The maximum Gasteiger partial charge on any atom is 0.330 e. The van der Waals surface area contributed by atoms with Gasteiger partial charge in [-0.05, 0) is 39.3 Å². The number of carbonyl (C=O) groups excluding carboxylic acids is 2. The Hall–Kier alpha value is -1.62. The van der Waals surface area contributed by atoms with Gasteiger partial charge in [0.25, 0.3) is 0 Å². The Bertz CT molecular complexity index is 529. The van der Waals surface area contributed by atoms with Crippen molar-refractivity contribution in [2.45, 2.75) is 55.3 Å². The zero-order valence-electron chi connectivity index (χ0n) is 14.0. The number of carbonyl (C=O) groups is 2. The van der Waals surface area contributed by atoms with E-state index in [1.54, 1.807) is 0 Å². The van der Waals surface area contributed by atoms with Gasteiger partial charge in [-0.3, -0.25) is 0 Å². The summed E-state index contributed by atoms with van der Waals surface area (Å²) in [6.45, 7) is 7.01. The number of rotatable bonds is 5. The minimum atomic E-state index is -0.559. The van der Waals surface area contributed by atoms with Crippen LogP contribution in [-0.2, 0) is 19.1 Å². The normalized spacial score (nSPS) is 40.7. The molecule has 0 N–H and O–H groups in total. The lowest BCUT2D eigenvalue weighted by atomic mass is 9.48. The van der Waals surface area contributed by atoms with E-state index in [4.69, 9.17) is 9.47 Å². The van der Waals surface area contributed by atoms with Crippen molar-refractivity contribution in [3.63, 3.8) is 0 Å². The maximum absolute atomic E-state index is 11.9. The van der Waals surface area contributed by atoms with Crippen LogP contribution in [0.3, 0.4) is 0 Å². The Labute approximate surface area is 137 Å². The zero-order valence-corrected chi connectivity index (χ0v) is 14.0. The van der Waals surface area contributed by atoms with Gasteiger partial charge < -0.3 is 14.4 Å². The first kappa shape index (κ1) is 16.2. The lowest BCUT2D eigenvalue weighted by molar-refractivity contribution is -0.247. The van der Waals surface area contributed by atoms with Gasteiger partial charge in [0.1, 0.15) is 11.2 Å². The van der Waals surface area contributed by atoms with Gasteiger partial charge in [0.05, 0.1) is 0 Å². The minimum Gasteiger partial charge on any atom is -0.456 e. The van der Waals surface area contributed by atoms with Crippen LogP contribution in [0.25, 0.3) is 0 Å². The van der Waals surface area contributed by atoms with E-state index in [1.165, 1.54) is 12.2 Å². The molecule has 4 fully saturated rings. The molecule has 2 atom stereocenters. The van der Waals surface area contributed by atoms with Gasteiger partial charge in [0.2, 0.25) is 0 Å². The minimum absolute atomic E-state index is 0.0949. The van der Waals surface area contributed by atoms with Gasteiger partial charge in [0, 0.05) is 37.0 Å². The summed E-state index contributed by atoms with van der Waals surface area (Å²) < 4.78 is 11.6. The largest absolute Gasteiger partial charge is 0.456 e. The van der Waals surface area contributed by atoms with E-state index < -0.39 is 23.1 Å². The molecule has 4 rings (SSSR count). The predicted octanol–water partition coefficient (Wildman–Crippen LogP) is 2.22. The first-order valence-corrected chi connectivity index (χ1v) is 8.14. The molecular formula is C18H25NO4. The Balaban J connectivity index is 1.98. The van der Waals surface area contributed by atoms with E-state index in [1.807, 2.05) is 0 Å². The molecule has 4 aliphatic carbocycles. The summed E-state index contributed by atoms with van der Waals surface area (Å²) >= 11 is 0. The lowest BCUT2D eigenvalue weighted by Gasteiger charge is -2.66. The van der Waals surface area contributed by atoms with E-state index in [0.717, 1.165) is 32.1 Å². The molecular weight excluding hydrogens is 294 g/mol. The van der Waals surface area contributed by atoms with Crippen LogP contribution in [0.5, 0.6) is 0 Å². The Morgan fingerprint density at radius 2 is 1.43 bits per heavy atom. The van der Waals surface area contributed by atoms with Crippen LogP contribution >= 0.6 is 0 Å². The third-order valence-electron chi connectivity index (χ3n) is 5.85. The third-order valence-corrected chi connectivity index (χ3v) is 5.85. The highest BCUT2D eigenvalue weighted by molar-refractivity contribution is 5.82. The molecule has 0 spiro atoms. The van der Waals surface area contributed by atoms with Crippen molar-refractivity contribution in [1.82, 2.24) is 4.90 Å². The van der Waals surface area contributed by atoms with E-state index in [-0.39, 0.29) is 5.54 Å². The number of esters is 2. The molecule has 4 saturated carbocycles. The summed E-state index contributed by atoms with van der Waals surface area (Å²) in [5, 5.41) is 0. The fourth-order valence-electron chi connectivity index (χ4n) is 5.45. The second-order valence-electron chi connectivity index (χ2n) is 7.74. The molecule has 0 aliphatic heterocycles. The van der Waals surface area contributed by atoms with Crippen molar-refractivity contribution in [3.8, 4) is 0 Å². The zero-order chi connectivity index (χ0) is 16.9. The van der Waals surface area contributed by atoms with Crippen molar-refractivity contribution in [1.29, 1.82) is 0 Å². The number of ether oxygens (including phenoxy) is 2. The average molecular weight is 319 g/mol. The Morgan fingerprint density at radius 1 is 0.957 bits per heavy atom. The molecule has 0 aromatic carbocycles. The number of hydrogen-bond acceptors (Lipinski definition) is 5. The smallest absolute Gasteiger partial charge is 0.330 e. The highest BCUT2D eigenvalue weighted by Crippen LogP contribution is 2.63. The molecule has 5 heteroatoms. The highest BCUT2D eigenvalue weighted by Gasteiger charge is 2.67. The first-order chi connectivity index (χ1) is 10.8. The van der Waals surface area contributed by atoms with Crippen LogP contribution in [0.2, 0.25) is 0 Å².